The number of aromatic nitrogens is 2. The highest BCUT2D eigenvalue weighted by atomic mass is 16.6. The van der Waals surface area contributed by atoms with E-state index in [4.69, 9.17) is 5.73 Å². The fourth-order valence-electron chi connectivity index (χ4n) is 0.392. The third-order valence-corrected chi connectivity index (χ3v) is 0.865. The van der Waals surface area contributed by atoms with E-state index in [0.29, 0.717) is 11.5 Å². The SMILES string of the molecule is CN=C(N)c1cnon1. The maximum Gasteiger partial charge on any atom is 0.169 e. The largest absolute Gasteiger partial charge is 0.382 e. The molecule has 5 nitrogen and oxygen atoms in total. The summed E-state index contributed by atoms with van der Waals surface area (Å²) in [6, 6.07) is 0. The minimum Gasteiger partial charge on any atom is -0.382 e. The van der Waals surface area contributed by atoms with Crippen LogP contribution in [0.4, 0.5) is 0 Å². The van der Waals surface area contributed by atoms with E-state index in [0.717, 1.165) is 0 Å². The number of amidine groups is 1. The fraction of sp³-hybridized carbons (Fsp3) is 0.250. The van der Waals surface area contributed by atoms with Crippen molar-refractivity contribution in [2.45, 2.75) is 0 Å². The molecule has 0 atom stereocenters. The average molecular weight is 126 g/mol. The van der Waals surface area contributed by atoms with Crippen LogP contribution in [0.25, 0.3) is 0 Å². The van der Waals surface area contributed by atoms with E-state index in [-0.39, 0.29) is 0 Å². The number of hydrogen-bond acceptors (Lipinski definition) is 4. The Labute approximate surface area is 51.5 Å². The molecule has 0 aliphatic heterocycles. The van der Waals surface area contributed by atoms with Crippen molar-refractivity contribution in [2.24, 2.45) is 10.7 Å². The maximum atomic E-state index is 5.33. The molecule has 9 heavy (non-hydrogen) atoms. The Hall–Kier alpha value is -1.39. The maximum absolute atomic E-state index is 5.33. The third kappa shape index (κ3) is 1.04. The van der Waals surface area contributed by atoms with Crippen LogP contribution in [0.15, 0.2) is 15.8 Å². The summed E-state index contributed by atoms with van der Waals surface area (Å²) in [6.45, 7) is 0. The molecule has 0 aliphatic rings. The molecule has 5 heteroatoms. The molecule has 1 heterocycles. The molecule has 48 valence electrons. The predicted octanol–water partition coefficient (Wildman–Crippen LogP) is -0.595. The van der Waals surface area contributed by atoms with Gasteiger partial charge in [-0.05, 0) is 5.16 Å². The third-order valence-electron chi connectivity index (χ3n) is 0.865. The minimum atomic E-state index is 0.330. The Bertz CT molecular complexity index is 202. The summed E-state index contributed by atoms with van der Waals surface area (Å²) in [7, 11) is 1.57. The van der Waals surface area contributed by atoms with Crippen molar-refractivity contribution in [3.63, 3.8) is 0 Å². The standard InChI is InChI=1S/C4H6N4O/c1-6-4(5)3-2-7-9-8-3/h2H,1H3,(H2,5,6). The van der Waals surface area contributed by atoms with E-state index < -0.39 is 0 Å². The topological polar surface area (TPSA) is 77.3 Å². The fourth-order valence-corrected chi connectivity index (χ4v) is 0.392. The molecule has 1 aromatic heterocycles. The smallest absolute Gasteiger partial charge is 0.169 e. The number of nitrogens with zero attached hydrogens (tertiary/aromatic N) is 3. The summed E-state index contributed by atoms with van der Waals surface area (Å²) in [5, 5.41) is 6.79. The first kappa shape index (κ1) is 5.74. The monoisotopic (exact) mass is 126 g/mol. The van der Waals surface area contributed by atoms with E-state index in [1.807, 2.05) is 0 Å². The summed E-state index contributed by atoms with van der Waals surface area (Å²) < 4.78 is 4.28. The van der Waals surface area contributed by atoms with Gasteiger partial charge in [-0.15, -0.1) is 0 Å². The van der Waals surface area contributed by atoms with Gasteiger partial charge in [-0.25, -0.2) is 4.63 Å². The number of aliphatic imine (C=N–C) groups is 1. The molecule has 0 unspecified atom stereocenters. The molecule has 1 rings (SSSR count). The van der Waals surface area contributed by atoms with Gasteiger partial charge in [0.05, 0.1) is 0 Å². The lowest BCUT2D eigenvalue weighted by Crippen LogP contribution is -2.12. The molecule has 0 aliphatic carbocycles. The van der Waals surface area contributed by atoms with Gasteiger partial charge in [-0.1, -0.05) is 5.16 Å². The zero-order valence-corrected chi connectivity index (χ0v) is 4.90. The lowest BCUT2D eigenvalue weighted by Gasteiger charge is -1.85. The van der Waals surface area contributed by atoms with E-state index in [9.17, 15) is 0 Å². The molecule has 1 aromatic rings. The van der Waals surface area contributed by atoms with Crippen LogP contribution >= 0.6 is 0 Å². The summed E-state index contributed by atoms with van der Waals surface area (Å²) in [5.41, 5.74) is 5.80. The highest BCUT2D eigenvalue weighted by molar-refractivity contribution is 5.94. The summed E-state index contributed by atoms with van der Waals surface area (Å²) in [4.78, 5) is 3.66. The van der Waals surface area contributed by atoms with Crippen molar-refractivity contribution >= 4 is 5.84 Å². The van der Waals surface area contributed by atoms with Crippen LogP contribution < -0.4 is 5.73 Å². The van der Waals surface area contributed by atoms with Crippen LogP contribution in [0.1, 0.15) is 5.69 Å². The molecular formula is C4H6N4O. The number of nitrogens with two attached hydrogens (primary N) is 1. The lowest BCUT2D eigenvalue weighted by atomic mass is 10.4. The van der Waals surface area contributed by atoms with Crippen molar-refractivity contribution < 1.29 is 4.63 Å². The molecular weight excluding hydrogens is 120 g/mol. The van der Waals surface area contributed by atoms with E-state index in [2.05, 4.69) is 19.9 Å². The highest BCUT2D eigenvalue weighted by Crippen LogP contribution is 1.87. The first-order valence-corrected chi connectivity index (χ1v) is 2.35. The van der Waals surface area contributed by atoms with Crippen LogP contribution in [-0.2, 0) is 0 Å². The Morgan fingerprint density at radius 3 is 3.11 bits per heavy atom. The second kappa shape index (κ2) is 2.25. The molecule has 0 saturated heterocycles. The normalized spacial score (nSPS) is 11.9. The lowest BCUT2D eigenvalue weighted by molar-refractivity contribution is 0.306. The van der Waals surface area contributed by atoms with E-state index in [1.54, 1.807) is 7.05 Å². The highest BCUT2D eigenvalue weighted by Gasteiger charge is 1.99. The summed E-state index contributed by atoms with van der Waals surface area (Å²) in [6.07, 6.45) is 1.41. The van der Waals surface area contributed by atoms with Crippen LogP contribution in [0, 0.1) is 0 Å². The molecule has 0 aromatic carbocycles. The molecule has 0 saturated carbocycles. The van der Waals surface area contributed by atoms with Crippen LogP contribution in [0.5, 0.6) is 0 Å². The zero-order chi connectivity index (χ0) is 6.69. The van der Waals surface area contributed by atoms with Gasteiger partial charge in [0.15, 0.2) is 5.69 Å². The molecule has 0 amide bonds. The van der Waals surface area contributed by atoms with Crippen molar-refractivity contribution in [3.05, 3.63) is 11.9 Å². The molecule has 2 N–H and O–H groups in total. The van der Waals surface area contributed by atoms with E-state index >= 15 is 0 Å². The Morgan fingerprint density at radius 2 is 2.67 bits per heavy atom. The van der Waals surface area contributed by atoms with Gasteiger partial charge in [-0.3, -0.25) is 4.99 Å². The second-order valence-corrected chi connectivity index (χ2v) is 1.40. The van der Waals surface area contributed by atoms with Gasteiger partial charge in [-0.2, -0.15) is 0 Å². The minimum absolute atomic E-state index is 0.330. The van der Waals surface area contributed by atoms with Gasteiger partial charge in [0.2, 0.25) is 0 Å². The summed E-state index contributed by atoms with van der Waals surface area (Å²) in [5.74, 6) is 0.330. The van der Waals surface area contributed by atoms with E-state index in [1.165, 1.54) is 6.20 Å². The van der Waals surface area contributed by atoms with Crippen molar-refractivity contribution in [2.75, 3.05) is 7.05 Å². The van der Waals surface area contributed by atoms with Crippen LogP contribution in [0.2, 0.25) is 0 Å². The van der Waals surface area contributed by atoms with Crippen LogP contribution in [0.3, 0.4) is 0 Å². The van der Waals surface area contributed by atoms with Crippen molar-refractivity contribution in [1.29, 1.82) is 0 Å². The van der Waals surface area contributed by atoms with Gasteiger partial charge in [0, 0.05) is 7.05 Å². The summed E-state index contributed by atoms with van der Waals surface area (Å²) >= 11 is 0. The molecule has 0 fully saturated rings. The van der Waals surface area contributed by atoms with Crippen molar-refractivity contribution in [3.8, 4) is 0 Å². The Balaban J connectivity index is 2.90. The van der Waals surface area contributed by atoms with Crippen molar-refractivity contribution in [1.82, 2.24) is 10.3 Å². The first-order chi connectivity index (χ1) is 4.34. The zero-order valence-electron chi connectivity index (χ0n) is 4.90. The number of hydrogen-bond donors (Lipinski definition) is 1. The van der Waals surface area contributed by atoms with Gasteiger partial charge in [0.1, 0.15) is 12.0 Å². The van der Waals surface area contributed by atoms with Gasteiger partial charge in [0.25, 0.3) is 0 Å². The number of rotatable bonds is 1. The predicted molar refractivity (Wildman–Crippen MR) is 30.9 cm³/mol. The molecule has 0 bridgehead atoms. The van der Waals surface area contributed by atoms with Gasteiger partial charge >= 0.3 is 0 Å². The molecule has 0 spiro atoms. The van der Waals surface area contributed by atoms with Gasteiger partial charge < -0.3 is 5.73 Å². The Morgan fingerprint density at radius 1 is 1.89 bits per heavy atom. The quantitative estimate of drug-likeness (QED) is 0.402. The first-order valence-electron chi connectivity index (χ1n) is 2.35. The average Bonchev–Trinajstić information content (AvgIpc) is 2.37. The Kier molecular flexibility index (Phi) is 1.44. The van der Waals surface area contributed by atoms with Crippen LogP contribution in [-0.4, -0.2) is 23.2 Å². The molecule has 0 radical (unpaired) electrons. The second-order valence-electron chi connectivity index (χ2n) is 1.40.